The van der Waals surface area contributed by atoms with Crippen LogP contribution in [0, 0.1) is 0 Å². The van der Waals surface area contributed by atoms with Crippen molar-refractivity contribution in [2.45, 2.75) is 11.6 Å². The third-order valence-electron chi connectivity index (χ3n) is 3.64. The Balaban J connectivity index is 1.64. The van der Waals surface area contributed by atoms with Crippen molar-refractivity contribution >= 4 is 23.4 Å². The molecule has 0 aliphatic heterocycles. The van der Waals surface area contributed by atoms with Crippen molar-refractivity contribution in [2.75, 3.05) is 11.1 Å². The van der Waals surface area contributed by atoms with Gasteiger partial charge in [0.05, 0.1) is 5.75 Å². The lowest BCUT2D eigenvalue weighted by Crippen LogP contribution is -2.15. The molecule has 0 spiro atoms. The second-order valence-corrected chi connectivity index (χ2v) is 6.42. The first-order valence-electron chi connectivity index (χ1n) is 7.74. The van der Waals surface area contributed by atoms with Crippen LogP contribution in [0.2, 0.25) is 0 Å². The van der Waals surface area contributed by atoms with Crippen LogP contribution in [0.4, 0.5) is 5.69 Å². The number of amides is 1. The minimum atomic E-state index is -0.0245. The van der Waals surface area contributed by atoms with Crippen molar-refractivity contribution in [3.8, 4) is 0 Å². The van der Waals surface area contributed by atoms with E-state index in [1.54, 1.807) is 6.20 Å². The number of nitrogens with one attached hydrogen (secondary N) is 1. The van der Waals surface area contributed by atoms with E-state index in [4.69, 9.17) is 0 Å². The molecule has 1 aromatic heterocycles. The average Bonchev–Trinajstić information content (AvgIpc) is 3.01. The molecule has 0 aliphatic rings. The van der Waals surface area contributed by atoms with E-state index < -0.39 is 0 Å². The monoisotopic (exact) mass is 337 g/mol. The van der Waals surface area contributed by atoms with Gasteiger partial charge in [-0.25, -0.2) is 4.98 Å². The van der Waals surface area contributed by atoms with E-state index >= 15 is 0 Å². The highest BCUT2D eigenvalue weighted by molar-refractivity contribution is 7.99. The number of aromatic nitrogens is 2. The number of carbonyl (C=O) groups excluding carboxylic acids is 1. The van der Waals surface area contributed by atoms with Gasteiger partial charge in [0, 0.05) is 25.1 Å². The molecule has 5 heteroatoms. The Kier molecular flexibility index (Phi) is 5.33. The van der Waals surface area contributed by atoms with Crippen LogP contribution in [0.25, 0.3) is 0 Å². The molecule has 0 saturated heterocycles. The van der Waals surface area contributed by atoms with Gasteiger partial charge < -0.3 is 9.88 Å². The van der Waals surface area contributed by atoms with Crippen molar-refractivity contribution in [1.29, 1.82) is 0 Å². The van der Waals surface area contributed by atoms with Crippen molar-refractivity contribution in [1.82, 2.24) is 9.55 Å². The molecule has 1 amide bonds. The summed E-state index contributed by atoms with van der Waals surface area (Å²) in [5, 5.41) is 3.85. The van der Waals surface area contributed by atoms with Crippen LogP contribution in [0.5, 0.6) is 0 Å². The molecule has 0 saturated carbocycles. The number of anilines is 1. The molecule has 4 nitrogen and oxygen atoms in total. The minimum absolute atomic E-state index is 0.0245. The van der Waals surface area contributed by atoms with Crippen LogP contribution in [0.3, 0.4) is 0 Å². The van der Waals surface area contributed by atoms with Gasteiger partial charge >= 0.3 is 0 Å². The Labute approximate surface area is 145 Å². The van der Waals surface area contributed by atoms with E-state index in [-0.39, 0.29) is 5.91 Å². The van der Waals surface area contributed by atoms with E-state index in [9.17, 15) is 4.79 Å². The van der Waals surface area contributed by atoms with E-state index in [2.05, 4.69) is 28.5 Å². The molecule has 0 bridgehead atoms. The van der Waals surface area contributed by atoms with Crippen LogP contribution in [0.1, 0.15) is 11.1 Å². The van der Waals surface area contributed by atoms with Gasteiger partial charge in [-0.3, -0.25) is 4.79 Å². The lowest BCUT2D eigenvalue weighted by molar-refractivity contribution is -0.113. The molecule has 0 radical (unpaired) electrons. The standard InChI is InChI=1S/C19H19N3OS/c1-22-12-11-20-19(22)24-14-18(23)21-17-10-6-5-9-16(17)13-15-7-3-2-4-8-15/h2-12H,13-14H2,1H3,(H,21,23). The summed E-state index contributed by atoms with van der Waals surface area (Å²) < 4.78 is 1.90. The molecular formula is C19H19N3OS. The maximum Gasteiger partial charge on any atom is 0.234 e. The Bertz CT molecular complexity index is 814. The van der Waals surface area contributed by atoms with Gasteiger partial charge in [0.15, 0.2) is 5.16 Å². The lowest BCUT2D eigenvalue weighted by Gasteiger charge is -2.11. The number of hydrogen-bond donors (Lipinski definition) is 1. The first-order valence-corrected chi connectivity index (χ1v) is 8.73. The highest BCUT2D eigenvalue weighted by atomic mass is 32.2. The summed E-state index contributed by atoms with van der Waals surface area (Å²) in [6.07, 6.45) is 4.40. The van der Waals surface area contributed by atoms with Gasteiger partial charge in [0.25, 0.3) is 0 Å². The normalized spacial score (nSPS) is 10.5. The first-order chi connectivity index (χ1) is 11.7. The average molecular weight is 337 g/mol. The molecule has 24 heavy (non-hydrogen) atoms. The first kappa shape index (κ1) is 16.3. The van der Waals surface area contributed by atoms with E-state index in [0.29, 0.717) is 5.75 Å². The molecule has 122 valence electrons. The van der Waals surface area contributed by atoms with E-state index in [0.717, 1.165) is 22.8 Å². The molecule has 0 atom stereocenters. The summed E-state index contributed by atoms with van der Waals surface area (Å²) in [6, 6.07) is 18.2. The van der Waals surface area contributed by atoms with Crippen LogP contribution < -0.4 is 5.32 Å². The number of para-hydroxylation sites is 1. The van der Waals surface area contributed by atoms with E-state index in [1.165, 1.54) is 17.3 Å². The highest BCUT2D eigenvalue weighted by Crippen LogP contribution is 2.20. The third kappa shape index (κ3) is 4.26. The fraction of sp³-hybridized carbons (Fsp3) is 0.158. The van der Waals surface area contributed by atoms with E-state index in [1.807, 2.05) is 54.2 Å². The summed E-state index contributed by atoms with van der Waals surface area (Å²) >= 11 is 1.43. The number of nitrogens with zero attached hydrogens (tertiary/aromatic N) is 2. The molecule has 0 fully saturated rings. The van der Waals surface area contributed by atoms with Crippen LogP contribution >= 0.6 is 11.8 Å². The number of benzene rings is 2. The smallest absolute Gasteiger partial charge is 0.234 e. The predicted molar refractivity (Wildman–Crippen MR) is 98.3 cm³/mol. The van der Waals surface area contributed by atoms with Gasteiger partial charge in [-0.15, -0.1) is 0 Å². The molecule has 3 rings (SSSR count). The fourth-order valence-electron chi connectivity index (χ4n) is 2.42. The SMILES string of the molecule is Cn1ccnc1SCC(=O)Nc1ccccc1Cc1ccccc1. The Morgan fingerprint density at radius 2 is 1.88 bits per heavy atom. The Morgan fingerprint density at radius 3 is 2.62 bits per heavy atom. The second-order valence-electron chi connectivity index (χ2n) is 5.48. The minimum Gasteiger partial charge on any atom is -0.329 e. The summed E-state index contributed by atoms with van der Waals surface area (Å²) in [6.45, 7) is 0. The highest BCUT2D eigenvalue weighted by Gasteiger charge is 2.09. The van der Waals surface area contributed by atoms with Gasteiger partial charge in [0.2, 0.25) is 5.91 Å². The molecule has 1 N–H and O–H groups in total. The third-order valence-corrected chi connectivity index (χ3v) is 4.70. The summed E-state index contributed by atoms with van der Waals surface area (Å²) in [4.78, 5) is 16.5. The zero-order valence-electron chi connectivity index (χ0n) is 13.5. The Hall–Kier alpha value is -2.53. The Morgan fingerprint density at radius 1 is 1.12 bits per heavy atom. The van der Waals surface area contributed by atoms with Crippen molar-refractivity contribution in [3.05, 3.63) is 78.1 Å². The molecule has 3 aromatic rings. The van der Waals surface area contributed by atoms with Crippen molar-refractivity contribution in [2.24, 2.45) is 7.05 Å². The summed E-state index contributed by atoms with van der Waals surface area (Å²) in [7, 11) is 1.92. The molecule has 0 unspecified atom stereocenters. The van der Waals surface area contributed by atoms with Gasteiger partial charge in [-0.05, 0) is 23.6 Å². The van der Waals surface area contributed by atoms with Gasteiger partial charge in [-0.2, -0.15) is 0 Å². The molecule has 0 aliphatic carbocycles. The number of imidazole rings is 1. The summed E-state index contributed by atoms with van der Waals surface area (Å²) in [5.41, 5.74) is 3.20. The number of thioether (sulfide) groups is 1. The predicted octanol–water partition coefficient (Wildman–Crippen LogP) is 3.74. The largest absolute Gasteiger partial charge is 0.329 e. The summed E-state index contributed by atoms with van der Waals surface area (Å²) in [5.74, 6) is 0.313. The second kappa shape index (κ2) is 7.84. The number of carbonyl (C=O) groups is 1. The maximum absolute atomic E-state index is 12.3. The lowest BCUT2D eigenvalue weighted by atomic mass is 10.0. The van der Waals surface area contributed by atoms with Crippen LogP contribution in [0.15, 0.2) is 72.1 Å². The van der Waals surface area contributed by atoms with Gasteiger partial charge in [0.1, 0.15) is 0 Å². The number of hydrogen-bond acceptors (Lipinski definition) is 3. The zero-order valence-corrected chi connectivity index (χ0v) is 14.3. The maximum atomic E-state index is 12.3. The van der Waals surface area contributed by atoms with Crippen LogP contribution in [-0.2, 0) is 18.3 Å². The van der Waals surface area contributed by atoms with Gasteiger partial charge in [-0.1, -0.05) is 60.3 Å². The molecule has 1 heterocycles. The van der Waals surface area contributed by atoms with Crippen molar-refractivity contribution < 1.29 is 4.79 Å². The van der Waals surface area contributed by atoms with Crippen molar-refractivity contribution in [3.63, 3.8) is 0 Å². The quantitative estimate of drug-likeness (QED) is 0.697. The number of rotatable bonds is 6. The fourth-order valence-corrected chi connectivity index (χ4v) is 3.15. The molecular weight excluding hydrogens is 318 g/mol. The topological polar surface area (TPSA) is 46.9 Å². The zero-order chi connectivity index (χ0) is 16.8. The molecule has 2 aromatic carbocycles. The van der Waals surface area contributed by atoms with Crippen LogP contribution in [-0.4, -0.2) is 21.2 Å². The number of aryl methyl sites for hydroxylation is 1.